The molecule has 0 aliphatic heterocycles. The van der Waals surface area contributed by atoms with Crippen molar-refractivity contribution in [3.8, 4) is 17.4 Å². The normalized spacial score (nSPS) is 14.0. The van der Waals surface area contributed by atoms with Gasteiger partial charge in [0.2, 0.25) is 5.88 Å². The lowest BCUT2D eigenvalue weighted by atomic mass is 9.97. The van der Waals surface area contributed by atoms with E-state index < -0.39 is 12.4 Å². The van der Waals surface area contributed by atoms with Gasteiger partial charge >= 0.3 is 12.4 Å². The minimum Gasteiger partial charge on any atom is -0.437 e. The van der Waals surface area contributed by atoms with E-state index in [1.165, 1.54) is 25.0 Å². The third-order valence-corrected chi connectivity index (χ3v) is 5.29. The van der Waals surface area contributed by atoms with Gasteiger partial charge in [-0.2, -0.15) is 0 Å². The van der Waals surface area contributed by atoms with Gasteiger partial charge in [-0.05, 0) is 66.8 Å². The van der Waals surface area contributed by atoms with E-state index in [0.29, 0.717) is 23.0 Å². The smallest absolute Gasteiger partial charge is 0.437 e. The van der Waals surface area contributed by atoms with Gasteiger partial charge in [0.15, 0.2) is 0 Å². The quantitative estimate of drug-likeness (QED) is 0.415. The van der Waals surface area contributed by atoms with Gasteiger partial charge in [-0.1, -0.05) is 31.0 Å². The number of carbonyl (C=O) groups excluding carboxylic acids is 1. The number of benzene rings is 2. The first-order valence-electron chi connectivity index (χ1n) is 10.5. The van der Waals surface area contributed by atoms with Crippen LogP contribution in [0, 0.1) is 0 Å². The van der Waals surface area contributed by atoms with Crippen LogP contribution >= 0.6 is 0 Å². The van der Waals surface area contributed by atoms with Crippen LogP contribution in [0.25, 0.3) is 0 Å². The summed E-state index contributed by atoms with van der Waals surface area (Å²) in [6.07, 6.45) is 1.40. The SMILES string of the molecule is O=C(Nc1ccc(OC(F)(F)F)cc1)Nc1cccnc1Oc1ccccc1C1CCCC1. The molecule has 0 spiro atoms. The number of carbonyl (C=O) groups is 1. The molecule has 1 aliphatic carbocycles. The second-order valence-electron chi connectivity index (χ2n) is 7.63. The molecule has 1 heterocycles. The summed E-state index contributed by atoms with van der Waals surface area (Å²) in [6.45, 7) is 0. The number of para-hydroxylation sites is 1. The first-order chi connectivity index (χ1) is 15.9. The van der Waals surface area contributed by atoms with Crippen molar-refractivity contribution in [1.29, 1.82) is 0 Å². The van der Waals surface area contributed by atoms with E-state index in [0.717, 1.165) is 30.5 Å². The Morgan fingerprint density at radius 3 is 2.39 bits per heavy atom. The number of hydrogen-bond donors (Lipinski definition) is 2. The van der Waals surface area contributed by atoms with Crippen LogP contribution in [0.4, 0.5) is 29.3 Å². The first kappa shape index (κ1) is 22.4. The molecule has 1 aromatic heterocycles. The molecule has 172 valence electrons. The van der Waals surface area contributed by atoms with E-state index in [1.54, 1.807) is 18.3 Å². The van der Waals surface area contributed by atoms with Crippen molar-refractivity contribution in [1.82, 2.24) is 4.98 Å². The summed E-state index contributed by atoms with van der Waals surface area (Å²) in [5.41, 5.74) is 1.77. The average molecular weight is 457 g/mol. The van der Waals surface area contributed by atoms with Gasteiger partial charge in [0, 0.05) is 11.9 Å². The molecule has 0 bridgehead atoms. The predicted octanol–water partition coefficient (Wildman–Crippen LogP) is 7.07. The molecule has 1 aliphatic rings. The Morgan fingerprint density at radius 1 is 0.939 bits per heavy atom. The van der Waals surface area contributed by atoms with Crippen LogP contribution in [-0.4, -0.2) is 17.4 Å². The van der Waals surface area contributed by atoms with E-state index >= 15 is 0 Å². The van der Waals surface area contributed by atoms with Crippen molar-refractivity contribution in [2.45, 2.75) is 38.0 Å². The highest BCUT2D eigenvalue weighted by atomic mass is 19.4. The zero-order chi connectivity index (χ0) is 23.3. The lowest BCUT2D eigenvalue weighted by Gasteiger charge is -2.17. The number of urea groups is 1. The van der Waals surface area contributed by atoms with Crippen molar-refractivity contribution in [3.05, 3.63) is 72.4 Å². The number of nitrogens with one attached hydrogen (secondary N) is 2. The monoisotopic (exact) mass is 457 g/mol. The number of alkyl halides is 3. The van der Waals surface area contributed by atoms with E-state index in [1.807, 2.05) is 18.2 Å². The van der Waals surface area contributed by atoms with Gasteiger partial charge in [-0.25, -0.2) is 9.78 Å². The Bertz CT molecular complexity index is 1100. The van der Waals surface area contributed by atoms with Crippen molar-refractivity contribution < 1.29 is 27.4 Å². The number of amides is 2. The zero-order valence-electron chi connectivity index (χ0n) is 17.6. The van der Waals surface area contributed by atoms with E-state index in [-0.39, 0.29) is 11.6 Å². The van der Waals surface area contributed by atoms with Gasteiger partial charge in [0.05, 0.1) is 0 Å². The van der Waals surface area contributed by atoms with E-state index in [9.17, 15) is 18.0 Å². The fraction of sp³-hybridized carbons (Fsp3) is 0.250. The molecule has 4 rings (SSSR count). The van der Waals surface area contributed by atoms with Crippen LogP contribution in [0.5, 0.6) is 17.4 Å². The molecule has 6 nitrogen and oxygen atoms in total. The minimum absolute atomic E-state index is 0.243. The number of halogens is 3. The maximum atomic E-state index is 12.5. The molecule has 1 fully saturated rings. The summed E-state index contributed by atoms with van der Waals surface area (Å²) in [5.74, 6) is 1.00. The predicted molar refractivity (Wildman–Crippen MR) is 118 cm³/mol. The van der Waals surface area contributed by atoms with Gasteiger partial charge < -0.3 is 20.1 Å². The van der Waals surface area contributed by atoms with Crippen LogP contribution in [-0.2, 0) is 0 Å². The minimum atomic E-state index is -4.78. The average Bonchev–Trinajstić information content (AvgIpc) is 3.31. The first-order valence-corrected chi connectivity index (χ1v) is 10.5. The maximum absolute atomic E-state index is 12.5. The van der Waals surface area contributed by atoms with Gasteiger partial charge in [0.1, 0.15) is 17.2 Å². The largest absolute Gasteiger partial charge is 0.573 e. The molecule has 2 N–H and O–H groups in total. The molecule has 9 heteroatoms. The summed E-state index contributed by atoms with van der Waals surface area (Å²) in [5, 5.41) is 5.23. The van der Waals surface area contributed by atoms with Crippen molar-refractivity contribution in [2.24, 2.45) is 0 Å². The van der Waals surface area contributed by atoms with Gasteiger partial charge in [-0.15, -0.1) is 13.2 Å². The Balaban J connectivity index is 1.44. The fourth-order valence-electron chi connectivity index (χ4n) is 3.84. The van der Waals surface area contributed by atoms with Gasteiger partial charge in [-0.3, -0.25) is 0 Å². The van der Waals surface area contributed by atoms with Crippen molar-refractivity contribution in [3.63, 3.8) is 0 Å². The molecular formula is C24H22F3N3O3. The van der Waals surface area contributed by atoms with E-state index in [4.69, 9.17) is 4.74 Å². The summed E-state index contributed by atoms with van der Waals surface area (Å²) < 4.78 is 46.8. The zero-order valence-corrected chi connectivity index (χ0v) is 17.6. The molecule has 0 radical (unpaired) electrons. The second kappa shape index (κ2) is 9.81. The van der Waals surface area contributed by atoms with Crippen LogP contribution in [0.3, 0.4) is 0 Å². The number of aromatic nitrogens is 1. The number of anilines is 2. The van der Waals surface area contributed by atoms with Crippen LogP contribution < -0.4 is 20.1 Å². The standard InChI is InChI=1S/C24H22F3N3O3/c25-24(26,27)33-18-13-11-17(12-14-18)29-23(31)30-20-9-5-15-28-22(20)32-21-10-4-3-8-19(21)16-6-1-2-7-16/h3-5,8-16H,1-2,6-7H2,(H2,29,30,31). The van der Waals surface area contributed by atoms with Crippen molar-refractivity contribution >= 4 is 17.4 Å². The number of pyridine rings is 1. The number of rotatable bonds is 6. The molecule has 2 amide bonds. The highest BCUT2D eigenvalue weighted by Crippen LogP contribution is 2.40. The molecule has 3 aromatic rings. The Kier molecular flexibility index (Phi) is 6.67. The highest BCUT2D eigenvalue weighted by molar-refractivity contribution is 6.00. The molecule has 33 heavy (non-hydrogen) atoms. The lowest BCUT2D eigenvalue weighted by Crippen LogP contribution is -2.20. The second-order valence-corrected chi connectivity index (χ2v) is 7.63. The summed E-state index contributed by atoms with van der Waals surface area (Å²) >= 11 is 0. The number of ether oxygens (including phenoxy) is 2. The topological polar surface area (TPSA) is 72.5 Å². The molecule has 0 saturated heterocycles. The van der Waals surface area contributed by atoms with Crippen molar-refractivity contribution in [2.75, 3.05) is 10.6 Å². The highest BCUT2D eigenvalue weighted by Gasteiger charge is 2.31. The Morgan fingerprint density at radius 2 is 1.67 bits per heavy atom. The fourth-order valence-corrected chi connectivity index (χ4v) is 3.84. The lowest BCUT2D eigenvalue weighted by molar-refractivity contribution is -0.274. The molecule has 2 aromatic carbocycles. The molecule has 0 atom stereocenters. The molecule has 1 saturated carbocycles. The Hall–Kier alpha value is -3.75. The van der Waals surface area contributed by atoms with Crippen LogP contribution in [0.1, 0.15) is 37.2 Å². The Labute approximate surface area is 188 Å². The summed E-state index contributed by atoms with van der Waals surface area (Å²) in [4.78, 5) is 16.7. The third-order valence-electron chi connectivity index (χ3n) is 5.29. The van der Waals surface area contributed by atoms with Gasteiger partial charge in [0.25, 0.3) is 0 Å². The third kappa shape index (κ3) is 6.15. The summed E-state index contributed by atoms with van der Waals surface area (Å²) in [6, 6.07) is 15.4. The van der Waals surface area contributed by atoms with Crippen LogP contribution in [0.15, 0.2) is 66.9 Å². The number of nitrogens with zero attached hydrogens (tertiary/aromatic N) is 1. The molecule has 0 unspecified atom stereocenters. The maximum Gasteiger partial charge on any atom is 0.573 e. The summed E-state index contributed by atoms with van der Waals surface area (Å²) in [7, 11) is 0. The number of hydrogen-bond acceptors (Lipinski definition) is 4. The van der Waals surface area contributed by atoms with Crippen LogP contribution in [0.2, 0.25) is 0 Å². The molecular weight excluding hydrogens is 435 g/mol. The van der Waals surface area contributed by atoms with E-state index in [2.05, 4.69) is 26.4 Å².